The lowest BCUT2D eigenvalue weighted by atomic mass is 9.90. The van der Waals surface area contributed by atoms with Gasteiger partial charge in [0, 0.05) is 27.4 Å². The lowest BCUT2D eigenvalue weighted by Crippen LogP contribution is -1.97. The van der Waals surface area contributed by atoms with E-state index in [2.05, 4.69) is 0 Å². The summed E-state index contributed by atoms with van der Waals surface area (Å²) in [6.07, 6.45) is 0. The van der Waals surface area contributed by atoms with Crippen LogP contribution in [0.5, 0.6) is 11.5 Å². The van der Waals surface area contributed by atoms with Crippen LogP contribution in [0.2, 0.25) is 0 Å². The van der Waals surface area contributed by atoms with E-state index < -0.39 is 78.6 Å². The highest BCUT2D eigenvalue weighted by molar-refractivity contribution is 6.13. The Hall–Kier alpha value is -4.82. The second-order valence-corrected chi connectivity index (χ2v) is 8.32. The Morgan fingerprint density at radius 1 is 0.556 bits per heavy atom. The fourth-order valence-corrected chi connectivity index (χ4v) is 4.93. The van der Waals surface area contributed by atoms with Gasteiger partial charge in [-0.05, 0) is 64.4 Å². The lowest BCUT2D eigenvalue weighted by Gasteiger charge is -2.22. The van der Waals surface area contributed by atoms with E-state index in [4.69, 9.17) is 23.9 Å². The van der Waals surface area contributed by atoms with Gasteiger partial charge in [-0.25, -0.2) is 0 Å². The number of aromatic nitrogens is 1. The number of hydrogen-bond acceptors (Lipinski definition) is 1. The first-order valence-electron chi connectivity index (χ1n) is 18.1. The molecule has 7 aromatic rings. The molecule has 1 aliphatic rings. The van der Waals surface area contributed by atoms with Crippen molar-refractivity contribution in [3.8, 4) is 39.4 Å². The van der Waals surface area contributed by atoms with E-state index in [9.17, 15) is 0 Å². The zero-order chi connectivity index (χ0) is 35.8. The van der Waals surface area contributed by atoms with Crippen molar-refractivity contribution < 1.29 is 23.9 Å². The van der Waals surface area contributed by atoms with Crippen LogP contribution in [0.1, 0.15) is 19.2 Å². The Bertz CT molecular complexity index is 2710. The summed E-state index contributed by atoms with van der Waals surface area (Å²) in [5, 5.41) is 1.20. The van der Waals surface area contributed by atoms with Gasteiger partial charge in [0.1, 0.15) is 11.5 Å². The second kappa shape index (κ2) is 7.34. The van der Waals surface area contributed by atoms with E-state index in [0.717, 1.165) is 0 Å². The monoisotopic (exact) mass is 473 g/mol. The van der Waals surface area contributed by atoms with Gasteiger partial charge < -0.3 is 9.30 Å². The second-order valence-electron chi connectivity index (χ2n) is 8.32. The zero-order valence-corrected chi connectivity index (χ0v) is 18.4. The standard InChI is InChI=1S/C34H21NO/c1-2-9-23(10-3-1)35-30-15-6-4-11-25(30)29-21-22(17-19-31(29)35)24-18-20-33-34-27(24)13-8-14-28(34)26-12-5-7-16-32(26)36-33/h1-21H/i1D,2D,3D,5D,7D,8D,9D,10D,12D,13D,14D,16D,18D,20D. The van der Waals surface area contributed by atoms with Crippen LogP contribution in [0.15, 0.2) is 127 Å². The van der Waals surface area contributed by atoms with Crippen molar-refractivity contribution in [1.29, 1.82) is 0 Å². The Morgan fingerprint density at radius 3 is 2.31 bits per heavy atom. The van der Waals surface area contributed by atoms with Crippen molar-refractivity contribution in [1.82, 2.24) is 4.57 Å². The van der Waals surface area contributed by atoms with Gasteiger partial charge in [-0.3, -0.25) is 0 Å². The van der Waals surface area contributed by atoms with E-state index in [0.29, 0.717) is 27.4 Å². The molecule has 1 aliphatic heterocycles. The van der Waals surface area contributed by atoms with Gasteiger partial charge in [0.15, 0.2) is 0 Å². The third kappa shape index (κ3) is 2.67. The highest BCUT2D eigenvalue weighted by atomic mass is 16.5. The first kappa shape index (κ1) is 10.4. The minimum Gasteiger partial charge on any atom is -0.456 e. The molecule has 1 aromatic heterocycles. The Morgan fingerprint density at radius 2 is 1.36 bits per heavy atom. The maximum absolute atomic E-state index is 9.14. The van der Waals surface area contributed by atoms with Gasteiger partial charge in [0.05, 0.1) is 30.2 Å². The van der Waals surface area contributed by atoms with E-state index in [-0.39, 0.29) is 50.7 Å². The van der Waals surface area contributed by atoms with Crippen molar-refractivity contribution in [3.63, 3.8) is 0 Å². The van der Waals surface area contributed by atoms with Crippen LogP contribution in [-0.2, 0) is 0 Å². The van der Waals surface area contributed by atoms with Gasteiger partial charge in [-0.2, -0.15) is 0 Å². The van der Waals surface area contributed by atoms with Crippen LogP contribution in [0.25, 0.3) is 60.5 Å². The summed E-state index contributed by atoms with van der Waals surface area (Å²) in [6, 6.07) is 5.16. The molecule has 8 rings (SSSR count). The Kier molecular flexibility index (Phi) is 2.13. The van der Waals surface area contributed by atoms with Gasteiger partial charge in [-0.15, -0.1) is 0 Å². The summed E-state index contributed by atoms with van der Waals surface area (Å²) in [7, 11) is 0. The van der Waals surface area contributed by atoms with E-state index >= 15 is 0 Å². The number of para-hydroxylation sites is 3. The van der Waals surface area contributed by atoms with Crippen LogP contribution in [0.3, 0.4) is 0 Å². The summed E-state index contributed by atoms with van der Waals surface area (Å²) >= 11 is 0. The molecule has 6 aromatic carbocycles. The molecule has 0 saturated carbocycles. The molecule has 2 heteroatoms. The van der Waals surface area contributed by atoms with Crippen molar-refractivity contribution >= 4 is 32.6 Å². The summed E-state index contributed by atoms with van der Waals surface area (Å²) in [6.45, 7) is 0. The zero-order valence-electron chi connectivity index (χ0n) is 32.4. The number of hydrogen-bond donors (Lipinski definition) is 0. The average molecular weight is 474 g/mol. The highest BCUT2D eigenvalue weighted by Gasteiger charge is 2.21. The largest absolute Gasteiger partial charge is 0.456 e. The number of fused-ring (bicyclic) bond motifs is 5. The molecule has 0 amide bonds. The smallest absolute Gasteiger partial charge is 0.135 e. The lowest BCUT2D eigenvalue weighted by molar-refractivity contribution is 0.487. The van der Waals surface area contributed by atoms with Crippen LogP contribution < -0.4 is 4.74 Å². The third-order valence-electron chi connectivity index (χ3n) is 6.43. The van der Waals surface area contributed by atoms with Gasteiger partial charge in [0.25, 0.3) is 0 Å². The van der Waals surface area contributed by atoms with Gasteiger partial charge >= 0.3 is 0 Å². The maximum Gasteiger partial charge on any atom is 0.135 e. The van der Waals surface area contributed by atoms with Crippen LogP contribution >= 0.6 is 0 Å². The number of ether oxygens (including phenoxy) is 1. The Labute approximate surface area is 228 Å². The van der Waals surface area contributed by atoms with Crippen molar-refractivity contribution in [2.24, 2.45) is 0 Å². The first-order chi connectivity index (χ1) is 23.7. The molecule has 0 N–H and O–H groups in total. The number of benzene rings is 6. The number of nitrogens with zero attached hydrogens (tertiary/aromatic N) is 1. The van der Waals surface area contributed by atoms with Gasteiger partial charge in [0.2, 0.25) is 0 Å². The summed E-state index contributed by atoms with van der Waals surface area (Å²) in [5.41, 5.74) is 1.08. The van der Waals surface area contributed by atoms with Crippen molar-refractivity contribution in [3.05, 3.63) is 127 Å². The molecule has 0 atom stereocenters. The average Bonchev–Trinajstić information content (AvgIpc) is 3.43. The molecule has 0 radical (unpaired) electrons. The third-order valence-corrected chi connectivity index (χ3v) is 6.43. The normalized spacial score (nSPS) is 17.6. The van der Waals surface area contributed by atoms with Crippen LogP contribution in [0, 0.1) is 0 Å². The molecule has 168 valence electrons. The molecule has 0 fully saturated rings. The molecule has 0 saturated heterocycles. The molecule has 2 nitrogen and oxygen atoms in total. The van der Waals surface area contributed by atoms with Crippen LogP contribution in [0.4, 0.5) is 0 Å². The molecule has 0 spiro atoms. The first-order valence-corrected chi connectivity index (χ1v) is 11.1. The molecule has 0 bridgehead atoms. The fourth-order valence-electron chi connectivity index (χ4n) is 4.93. The molecule has 0 unspecified atom stereocenters. The summed E-state index contributed by atoms with van der Waals surface area (Å²) in [5.74, 6) is -0.597. The maximum atomic E-state index is 9.14. The number of rotatable bonds is 2. The van der Waals surface area contributed by atoms with Crippen molar-refractivity contribution in [2.45, 2.75) is 0 Å². The molecule has 0 aliphatic carbocycles. The molecule has 2 heterocycles. The topological polar surface area (TPSA) is 14.2 Å². The van der Waals surface area contributed by atoms with Crippen molar-refractivity contribution in [2.75, 3.05) is 0 Å². The fraction of sp³-hybridized carbons (Fsp3) is 0. The quantitative estimate of drug-likeness (QED) is 0.244. The molecular formula is C34H21NO. The predicted octanol–water partition coefficient (Wildman–Crippen LogP) is 9.38. The minimum absolute atomic E-state index is 0.00573. The van der Waals surface area contributed by atoms with E-state index in [1.165, 1.54) is 0 Å². The molecular weight excluding hydrogens is 438 g/mol. The highest BCUT2D eigenvalue weighted by Crippen LogP contribution is 2.48. The van der Waals surface area contributed by atoms with E-state index in [1.54, 1.807) is 47.0 Å². The predicted molar refractivity (Wildman–Crippen MR) is 149 cm³/mol. The molecule has 36 heavy (non-hydrogen) atoms. The minimum atomic E-state index is -0.589. The summed E-state index contributed by atoms with van der Waals surface area (Å²) < 4.78 is 128. The Balaban J connectivity index is 1.50. The SMILES string of the molecule is [2H]c1c([2H])c([2H])c(-n2c3ccccc3c3cc(-c4c([2H])c([2H])c5c6c(c([2H])c([2H])c([2H])c46)-c4c([2H])c([2H])c([2H])c([2H])c4O5)ccc32)c([2H])c1[2H]. The summed E-state index contributed by atoms with van der Waals surface area (Å²) in [4.78, 5) is 0. The van der Waals surface area contributed by atoms with E-state index in [1.807, 2.05) is 0 Å². The van der Waals surface area contributed by atoms with Gasteiger partial charge in [-0.1, -0.05) is 84.7 Å². The van der Waals surface area contributed by atoms with Crippen LogP contribution in [-0.4, -0.2) is 4.57 Å².